The molecule has 0 atom stereocenters. The zero-order valence-corrected chi connectivity index (χ0v) is 15.5. The first kappa shape index (κ1) is 18.5. The van der Waals surface area contributed by atoms with Crippen LogP contribution in [0.2, 0.25) is 0 Å². The largest absolute Gasteiger partial charge is 0.489 e. The molecule has 0 aliphatic rings. The van der Waals surface area contributed by atoms with Crippen molar-refractivity contribution in [1.29, 1.82) is 5.41 Å². The third-order valence-corrected chi connectivity index (χ3v) is 4.33. The summed E-state index contributed by atoms with van der Waals surface area (Å²) >= 11 is 0. The van der Waals surface area contributed by atoms with E-state index in [9.17, 15) is 4.39 Å². The van der Waals surface area contributed by atoms with Gasteiger partial charge in [-0.05, 0) is 36.4 Å². The number of aliphatic imine (C=N–C) groups is 1. The van der Waals surface area contributed by atoms with Gasteiger partial charge < -0.3 is 19.8 Å². The van der Waals surface area contributed by atoms with Crippen LogP contribution < -0.4 is 14.8 Å². The normalized spacial score (nSPS) is 11.2. The van der Waals surface area contributed by atoms with Crippen molar-refractivity contribution >= 4 is 34.5 Å². The molecule has 0 radical (unpaired) electrons. The lowest BCUT2D eigenvalue weighted by atomic mass is 10.1. The predicted molar refractivity (Wildman–Crippen MR) is 113 cm³/mol. The number of fused-ring (bicyclic) bond motifs is 3. The molecule has 0 aliphatic heterocycles. The fourth-order valence-corrected chi connectivity index (χ4v) is 3.09. The highest BCUT2D eigenvalue weighted by atomic mass is 19.1. The molecule has 0 aliphatic carbocycles. The van der Waals surface area contributed by atoms with Gasteiger partial charge in [0.1, 0.15) is 36.0 Å². The zero-order chi connectivity index (χ0) is 20.1. The smallest absolute Gasteiger partial charge is 0.147 e. The Balaban J connectivity index is 1.69. The lowest BCUT2D eigenvalue weighted by molar-refractivity contribution is 0.324. The lowest BCUT2D eigenvalue weighted by Crippen LogP contribution is -2.19. The average molecular weight is 390 g/mol. The van der Waals surface area contributed by atoms with E-state index in [2.05, 4.69) is 15.3 Å². The summed E-state index contributed by atoms with van der Waals surface area (Å²) in [6.07, 6.45) is 2.39. The second-order valence-electron chi connectivity index (χ2n) is 6.28. The standard InChI is InChI=1S/C22H19FN4O2/c23-15-6-7-20-18(10-15)19-11-17(29-16-4-2-1-3-5-16)12-21(22(19)27-20)28-9-8-25-14-26-13-24/h1-7,10-14,27H,8-9H2,(H2,24,25,26). The monoisotopic (exact) mass is 390 g/mol. The van der Waals surface area contributed by atoms with Gasteiger partial charge in [-0.25, -0.2) is 9.38 Å². The Labute approximate surface area is 166 Å². The van der Waals surface area contributed by atoms with Crippen LogP contribution in [0.5, 0.6) is 17.2 Å². The van der Waals surface area contributed by atoms with Gasteiger partial charge in [-0.1, -0.05) is 18.2 Å². The molecule has 29 heavy (non-hydrogen) atoms. The van der Waals surface area contributed by atoms with Gasteiger partial charge in [-0.15, -0.1) is 0 Å². The molecule has 0 fully saturated rings. The molecule has 3 N–H and O–H groups in total. The number of benzene rings is 3. The highest BCUT2D eigenvalue weighted by Crippen LogP contribution is 2.37. The van der Waals surface area contributed by atoms with Crippen LogP contribution in [-0.4, -0.2) is 30.8 Å². The van der Waals surface area contributed by atoms with Gasteiger partial charge in [0.15, 0.2) is 0 Å². The second-order valence-corrected chi connectivity index (χ2v) is 6.28. The van der Waals surface area contributed by atoms with E-state index in [1.807, 2.05) is 42.5 Å². The number of rotatable bonds is 8. The van der Waals surface area contributed by atoms with Gasteiger partial charge in [0.25, 0.3) is 0 Å². The molecule has 0 spiro atoms. The van der Waals surface area contributed by atoms with Gasteiger partial charge >= 0.3 is 0 Å². The summed E-state index contributed by atoms with van der Waals surface area (Å²) in [6, 6.07) is 17.8. The van der Waals surface area contributed by atoms with Crippen molar-refractivity contribution in [3.05, 3.63) is 66.5 Å². The van der Waals surface area contributed by atoms with Crippen LogP contribution in [0.3, 0.4) is 0 Å². The fraction of sp³-hybridized carbons (Fsp3) is 0.0909. The van der Waals surface area contributed by atoms with E-state index in [-0.39, 0.29) is 5.82 Å². The van der Waals surface area contributed by atoms with E-state index in [0.29, 0.717) is 30.4 Å². The molecule has 0 unspecified atom stereocenters. The number of nitrogens with zero attached hydrogens (tertiary/aromatic N) is 1. The van der Waals surface area contributed by atoms with Crippen LogP contribution in [0.1, 0.15) is 0 Å². The zero-order valence-electron chi connectivity index (χ0n) is 15.5. The highest BCUT2D eigenvalue weighted by molar-refractivity contribution is 6.09. The maximum absolute atomic E-state index is 13.8. The Morgan fingerprint density at radius 1 is 1.03 bits per heavy atom. The molecule has 0 saturated heterocycles. The maximum Gasteiger partial charge on any atom is 0.147 e. The van der Waals surface area contributed by atoms with E-state index >= 15 is 0 Å². The first-order valence-electron chi connectivity index (χ1n) is 9.09. The molecule has 4 aromatic rings. The topological polar surface area (TPSA) is 82.5 Å². The van der Waals surface area contributed by atoms with Crippen LogP contribution >= 0.6 is 0 Å². The molecule has 146 valence electrons. The summed E-state index contributed by atoms with van der Waals surface area (Å²) in [5.74, 6) is 1.61. The Hall–Kier alpha value is -3.87. The number of H-pyrrole nitrogens is 1. The van der Waals surface area contributed by atoms with Crippen molar-refractivity contribution in [3.8, 4) is 17.2 Å². The summed E-state index contributed by atoms with van der Waals surface area (Å²) < 4.78 is 25.8. The quantitative estimate of drug-likeness (QED) is 0.228. The van der Waals surface area contributed by atoms with Gasteiger partial charge in [-0.3, -0.25) is 5.41 Å². The maximum atomic E-state index is 13.8. The molecule has 4 rings (SSSR count). The summed E-state index contributed by atoms with van der Waals surface area (Å²) in [5.41, 5.74) is 1.60. The van der Waals surface area contributed by atoms with Crippen molar-refractivity contribution in [2.75, 3.05) is 13.2 Å². The summed E-state index contributed by atoms with van der Waals surface area (Å²) in [5, 5.41) is 11.4. The minimum atomic E-state index is -0.301. The van der Waals surface area contributed by atoms with Crippen molar-refractivity contribution in [3.63, 3.8) is 0 Å². The molecular formula is C22H19FN4O2. The van der Waals surface area contributed by atoms with Gasteiger partial charge in [0, 0.05) is 28.9 Å². The Kier molecular flexibility index (Phi) is 5.38. The van der Waals surface area contributed by atoms with Crippen LogP contribution in [0.4, 0.5) is 4.39 Å². The number of halogens is 1. The Morgan fingerprint density at radius 2 is 1.90 bits per heavy atom. The number of ether oxygens (including phenoxy) is 2. The summed E-state index contributed by atoms with van der Waals surface area (Å²) in [4.78, 5) is 6.95. The van der Waals surface area contributed by atoms with Gasteiger partial charge in [0.05, 0.1) is 11.9 Å². The average Bonchev–Trinajstić information content (AvgIpc) is 3.09. The number of hydrogen-bond donors (Lipinski definition) is 3. The van der Waals surface area contributed by atoms with Crippen LogP contribution in [-0.2, 0) is 0 Å². The lowest BCUT2D eigenvalue weighted by Gasteiger charge is -2.11. The Morgan fingerprint density at radius 3 is 2.72 bits per heavy atom. The first-order chi connectivity index (χ1) is 14.2. The van der Waals surface area contributed by atoms with Crippen molar-refractivity contribution in [2.45, 2.75) is 0 Å². The molecule has 0 saturated carbocycles. The third kappa shape index (κ3) is 4.19. The van der Waals surface area contributed by atoms with Crippen LogP contribution in [0.15, 0.2) is 65.7 Å². The van der Waals surface area contributed by atoms with Gasteiger partial charge in [-0.2, -0.15) is 0 Å². The molecule has 0 amide bonds. The van der Waals surface area contributed by atoms with E-state index in [0.717, 1.165) is 28.1 Å². The SMILES string of the molecule is N=C/N=C\NCCOc1cc(Oc2ccccc2)cc2c1[nH]c1ccc(F)cc12. The van der Waals surface area contributed by atoms with Crippen LogP contribution in [0, 0.1) is 11.2 Å². The minimum Gasteiger partial charge on any atom is -0.489 e. The third-order valence-electron chi connectivity index (χ3n) is 4.33. The molecule has 6 nitrogen and oxygen atoms in total. The van der Waals surface area contributed by atoms with E-state index in [4.69, 9.17) is 14.9 Å². The van der Waals surface area contributed by atoms with Crippen molar-refractivity contribution < 1.29 is 13.9 Å². The summed E-state index contributed by atoms with van der Waals surface area (Å²) in [6.45, 7) is 0.884. The predicted octanol–water partition coefficient (Wildman–Crippen LogP) is 4.86. The van der Waals surface area contributed by atoms with Crippen molar-refractivity contribution in [2.24, 2.45) is 4.99 Å². The molecule has 7 heteroatoms. The number of aromatic nitrogens is 1. The van der Waals surface area contributed by atoms with Gasteiger partial charge in [0.2, 0.25) is 0 Å². The van der Waals surface area contributed by atoms with Crippen LogP contribution in [0.25, 0.3) is 21.8 Å². The van der Waals surface area contributed by atoms with E-state index in [1.165, 1.54) is 18.5 Å². The fourth-order valence-electron chi connectivity index (χ4n) is 3.09. The highest BCUT2D eigenvalue weighted by Gasteiger charge is 2.13. The molecule has 1 heterocycles. The summed E-state index contributed by atoms with van der Waals surface area (Å²) in [7, 11) is 0. The molecule has 3 aromatic carbocycles. The minimum absolute atomic E-state index is 0.301. The Bertz CT molecular complexity index is 1170. The first-order valence-corrected chi connectivity index (χ1v) is 9.09. The molecular weight excluding hydrogens is 371 g/mol. The second kappa shape index (κ2) is 8.43. The molecule has 1 aromatic heterocycles. The van der Waals surface area contributed by atoms with Crippen molar-refractivity contribution in [1.82, 2.24) is 10.3 Å². The number of para-hydroxylation sites is 1. The molecule has 0 bridgehead atoms. The van der Waals surface area contributed by atoms with E-state index < -0.39 is 0 Å². The number of nitrogens with one attached hydrogen (secondary N) is 3. The number of aromatic amines is 1. The van der Waals surface area contributed by atoms with E-state index in [1.54, 1.807) is 6.07 Å². The number of hydrogen-bond acceptors (Lipinski definition) is 3.